The minimum atomic E-state index is -0.968. The molecule has 222 valence electrons. The second kappa shape index (κ2) is 14.3. The largest absolute Gasteiger partial charge is 0.460 e. The number of alkyl halides is 1. The second-order valence-corrected chi connectivity index (χ2v) is 11.3. The van der Waals surface area contributed by atoms with Crippen LogP contribution in [0.1, 0.15) is 22.0 Å². The van der Waals surface area contributed by atoms with Gasteiger partial charge in [0.05, 0.1) is 0 Å². The number of nitrogens with zero attached hydrogens (tertiary/aromatic N) is 2. The van der Waals surface area contributed by atoms with Gasteiger partial charge in [0.15, 0.2) is 0 Å². The van der Waals surface area contributed by atoms with Crippen LogP contribution in [0.4, 0.5) is 5.69 Å². The summed E-state index contributed by atoms with van der Waals surface area (Å²) in [6, 6.07) is 26.2. The minimum absolute atomic E-state index is 0.111. The zero-order valence-corrected chi connectivity index (χ0v) is 25.2. The number of benzene rings is 3. The van der Waals surface area contributed by atoms with Crippen molar-refractivity contribution in [2.24, 2.45) is 0 Å². The predicted octanol–water partition coefficient (Wildman–Crippen LogP) is 5.71. The maximum atomic E-state index is 14.3. The Morgan fingerprint density at radius 2 is 1.74 bits per heavy atom. The Labute approximate surface area is 259 Å². The summed E-state index contributed by atoms with van der Waals surface area (Å²) in [7, 11) is 0. The quantitative estimate of drug-likeness (QED) is 0.181. The zero-order chi connectivity index (χ0) is 30.2. The molecule has 3 aromatic carbocycles. The van der Waals surface area contributed by atoms with Crippen molar-refractivity contribution in [3.63, 3.8) is 0 Å². The number of thiophene rings is 1. The molecule has 1 saturated heterocycles. The van der Waals surface area contributed by atoms with Crippen LogP contribution in [0.5, 0.6) is 11.5 Å². The van der Waals surface area contributed by atoms with Crippen LogP contribution in [0.15, 0.2) is 96.4 Å². The van der Waals surface area contributed by atoms with Gasteiger partial charge in [-0.15, -0.1) is 22.9 Å². The first-order valence-corrected chi connectivity index (χ1v) is 15.3. The van der Waals surface area contributed by atoms with E-state index in [4.69, 9.17) is 21.1 Å². The Morgan fingerprint density at radius 1 is 1.00 bits per heavy atom. The van der Waals surface area contributed by atoms with Gasteiger partial charge < -0.3 is 19.7 Å². The van der Waals surface area contributed by atoms with Crippen LogP contribution in [-0.2, 0) is 25.7 Å². The second-order valence-electron chi connectivity index (χ2n) is 10.1. The van der Waals surface area contributed by atoms with Gasteiger partial charge in [-0.2, -0.15) is 0 Å². The summed E-state index contributed by atoms with van der Waals surface area (Å²) in [5, 5.41) is 5.03. The van der Waals surface area contributed by atoms with Crippen molar-refractivity contribution in [2.75, 3.05) is 30.4 Å². The van der Waals surface area contributed by atoms with E-state index in [1.165, 1.54) is 16.2 Å². The van der Waals surface area contributed by atoms with Gasteiger partial charge in [0, 0.05) is 30.2 Å². The number of carbonyl (C=O) groups is 3. The molecule has 0 saturated carbocycles. The number of rotatable bonds is 10. The van der Waals surface area contributed by atoms with Gasteiger partial charge in [-0.1, -0.05) is 54.6 Å². The Balaban J connectivity index is 1.39. The molecular weight excluding hydrogens is 586 g/mol. The summed E-state index contributed by atoms with van der Waals surface area (Å²) >= 11 is 7.51. The first-order valence-electron chi connectivity index (χ1n) is 13.9. The highest BCUT2D eigenvalue weighted by Gasteiger charge is 2.39. The molecule has 1 aliphatic rings. The molecule has 8 nitrogen and oxygen atoms in total. The number of ether oxygens (including phenoxy) is 2. The smallest absolute Gasteiger partial charge is 0.325 e. The number of amides is 2. The average Bonchev–Trinajstić information content (AvgIpc) is 3.58. The minimum Gasteiger partial charge on any atom is -0.460 e. The van der Waals surface area contributed by atoms with Gasteiger partial charge in [-0.3, -0.25) is 19.3 Å². The summed E-state index contributed by atoms with van der Waals surface area (Å²) in [6.45, 7) is 2.89. The molecule has 1 N–H and O–H groups in total. The number of carbonyl (C=O) groups excluding carboxylic acids is 3. The fourth-order valence-corrected chi connectivity index (χ4v) is 5.92. The van der Waals surface area contributed by atoms with E-state index in [9.17, 15) is 14.4 Å². The fraction of sp³-hybridized carbons (Fsp3) is 0.242. The molecule has 1 fully saturated rings. The lowest BCUT2D eigenvalue weighted by atomic mass is 10.1. The Kier molecular flexibility index (Phi) is 10.1. The van der Waals surface area contributed by atoms with Crippen molar-refractivity contribution in [2.45, 2.75) is 25.6 Å². The first kappa shape index (κ1) is 30.3. The molecule has 0 radical (unpaired) electrons. The number of halogens is 1. The molecule has 4 aromatic rings. The normalized spacial score (nSPS) is 15.4. The third kappa shape index (κ3) is 7.43. The van der Waals surface area contributed by atoms with E-state index >= 15 is 0 Å². The Bertz CT molecular complexity index is 1530. The van der Waals surface area contributed by atoms with Gasteiger partial charge in [0.25, 0.3) is 5.91 Å². The van der Waals surface area contributed by atoms with Crippen LogP contribution in [0.25, 0.3) is 0 Å². The van der Waals surface area contributed by atoms with Crippen molar-refractivity contribution >= 4 is 46.4 Å². The van der Waals surface area contributed by atoms with E-state index in [-0.39, 0.29) is 24.9 Å². The molecule has 2 heterocycles. The van der Waals surface area contributed by atoms with Crippen LogP contribution in [-0.4, -0.2) is 54.2 Å². The zero-order valence-electron chi connectivity index (χ0n) is 23.6. The monoisotopic (exact) mass is 617 g/mol. The van der Waals surface area contributed by atoms with E-state index in [2.05, 4.69) is 5.32 Å². The SMILES string of the molecule is Cc1cc(Oc2ccccc2)ccc1N(C(=O)CCl)[C@H](C(=O)N1CCN[C@@H](C(=O)OCc2ccccc2)C1)c1cccs1. The van der Waals surface area contributed by atoms with Crippen LogP contribution >= 0.6 is 22.9 Å². The average molecular weight is 618 g/mol. The fourth-order valence-electron chi connectivity index (χ4n) is 4.98. The third-order valence-corrected chi connectivity index (χ3v) is 8.24. The van der Waals surface area contributed by atoms with E-state index in [0.717, 1.165) is 11.1 Å². The molecule has 2 atom stereocenters. The number of anilines is 1. The van der Waals surface area contributed by atoms with Gasteiger partial charge in [0.2, 0.25) is 5.91 Å². The molecule has 0 bridgehead atoms. The number of piperazine rings is 1. The molecule has 0 spiro atoms. The van der Waals surface area contributed by atoms with Crippen LogP contribution in [0.2, 0.25) is 0 Å². The van der Waals surface area contributed by atoms with E-state index < -0.39 is 24.0 Å². The molecule has 1 aromatic heterocycles. The van der Waals surface area contributed by atoms with E-state index in [1.807, 2.05) is 91.2 Å². The number of aryl methyl sites for hydroxylation is 1. The number of esters is 1. The third-order valence-electron chi connectivity index (χ3n) is 7.09. The highest BCUT2D eigenvalue weighted by atomic mass is 35.5. The van der Waals surface area contributed by atoms with E-state index in [1.54, 1.807) is 17.0 Å². The molecule has 5 rings (SSSR count). The Hall–Kier alpha value is -4.18. The molecule has 1 aliphatic heterocycles. The molecule has 10 heteroatoms. The maximum absolute atomic E-state index is 14.3. The number of hydrogen-bond donors (Lipinski definition) is 1. The van der Waals surface area contributed by atoms with Gasteiger partial charge in [0.1, 0.15) is 36.1 Å². The highest BCUT2D eigenvalue weighted by molar-refractivity contribution is 7.10. The van der Waals surface area contributed by atoms with Crippen molar-refractivity contribution in [1.82, 2.24) is 10.2 Å². The lowest BCUT2D eigenvalue weighted by Gasteiger charge is -2.38. The van der Waals surface area contributed by atoms with Crippen LogP contribution in [0, 0.1) is 6.92 Å². The summed E-state index contributed by atoms with van der Waals surface area (Å²) in [4.78, 5) is 44.5. The van der Waals surface area contributed by atoms with Crippen LogP contribution in [0.3, 0.4) is 0 Å². The number of para-hydroxylation sites is 1. The van der Waals surface area contributed by atoms with Crippen molar-refractivity contribution < 1.29 is 23.9 Å². The molecule has 2 amide bonds. The lowest BCUT2D eigenvalue weighted by molar-refractivity contribution is -0.150. The van der Waals surface area contributed by atoms with Gasteiger partial charge in [-0.25, -0.2) is 0 Å². The predicted molar refractivity (Wildman–Crippen MR) is 168 cm³/mol. The molecule has 0 unspecified atom stereocenters. The molecular formula is C33H32ClN3O5S. The topological polar surface area (TPSA) is 88.2 Å². The van der Waals surface area contributed by atoms with Gasteiger partial charge in [-0.05, 0) is 59.8 Å². The first-order chi connectivity index (χ1) is 20.9. The maximum Gasteiger partial charge on any atom is 0.325 e. The summed E-state index contributed by atoms with van der Waals surface area (Å²) in [6.07, 6.45) is 0. The molecule has 0 aliphatic carbocycles. The highest BCUT2D eigenvalue weighted by Crippen LogP contribution is 2.36. The Morgan fingerprint density at radius 3 is 2.42 bits per heavy atom. The van der Waals surface area contributed by atoms with Crippen LogP contribution < -0.4 is 15.0 Å². The van der Waals surface area contributed by atoms with Crippen molar-refractivity contribution in [3.8, 4) is 11.5 Å². The summed E-state index contributed by atoms with van der Waals surface area (Å²) in [5.41, 5.74) is 2.17. The summed E-state index contributed by atoms with van der Waals surface area (Å²) < 4.78 is 11.5. The number of nitrogens with one attached hydrogen (secondary N) is 1. The van der Waals surface area contributed by atoms with Crippen molar-refractivity contribution in [3.05, 3.63) is 112 Å². The number of hydrogen-bond acceptors (Lipinski definition) is 7. The molecule has 43 heavy (non-hydrogen) atoms. The summed E-state index contributed by atoms with van der Waals surface area (Å²) in [5.74, 6) is -0.177. The standard InChI is InChI=1S/C33H32ClN3O5S/c1-23-19-26(42-25-11-6-3-7-12-25)14-15-28(23)37(30(38)20-34)31(29-13-8-18-43-29)32(39)36-17-16-35-27(21-36)33(40)41-22-24-9-4-2-5-10-24/h2-15,18-19,27,31,35H,16-17,20-22H2,1H3/t27-,31+/m1/s1. The van der Waals surface area contributed by atoms with E-state index in [0.29, 0.717) is 35.2 Å². The van der Waals surface area contributed by atoms with Crippen molar-refractivity contribution in [1.29, 1.82) is 0 Å². The van der Waals surface area contributed by atoms with Gasteiger partial charge >= 0.3 is 5.97 Å². The lowest BCUT2D eigenvalue weighted by Crippen LogP contribution is -2.58.